The third-order valence-corrected chi connectivity index (χ3v) is 5.30. The lowest BCUT2D eigenvalue weighted by molar-refractivity contribution is 0.0952. The number of methoxy groups -OCH3 is 1. The van der Waals surface area contributed by atoms with Gasteiger partial charge in [0.15, 0.2) is 0 Å². The molecule has 2 aromatic carbocycles. The summed E-state index contributed by atoms with van der Waals surface area (Å²) in [7, 11) is -2.49. The number of benzene rings is 2. The number of nitrogens with one attached hydrogen (secondary N) is 2. The molecular formula is C18H21FN2O4S. The van der Waals surface area contributed by atoms with E-state index in [2.05, 4.69) is 10.0 Å². The molecule has 0 heterocycles. The van der Waals surface area contributed by atoms with Gasteiger partial charge < -0.3 is 10.1 Å². The Morgan fingerprint density at radius 1 is 1.19 bits per heavy atom. The summed E-state index contributed by atoms with van der Waals surface area (Å²) < 4.78 is 46.0. The molecule has 0 bridgehead atoms. The second-order valence-electron chi connectivity index (χ2n) is 5.62. The molecular weight excluding hydrogens is 359 g/mol. The molecule has 2 aromatic rings. The molecule has 0 radical (unpaired) electrons. The molecule has 0 saturated carbocycles. The molecule has 26 heavy (non-hydrogen) atoms. The van der Waals surface area contributed by atoms with Crippen LogP contribution in [0.15, 0.2) is 47.4 Å². The van der Waals surface area contributed by atoms with E-state index < -0.39 is 27.8 Å². The standard InChI is InChI=1S/C18H21FN2O4S/c1-4-20-18(22)16-11-15(9-10-17(16)25-3)26(23,24)21-12(2)13-5-7-14(19)8-6-13/h5-12,21H,4H2,1-3H3,(H,20,22)/t12-/m1/s1. The number of halogens is 1. The average Bonchev–Trinajstić information content (AvgIpc) is 2.61. The van der Waals surface area contributed by atoms with Crippen LogP contribution in [0.2, 0.25) is 0 Å². The Kier molecular flexibility index (Phi) is 6.33. The number of rotatable bonds is 7. The lowest BCUT2D eigenvalue weighted by Gasteiger charge is -2.16. The van der Waals surface area contributed by atoms with Crippen molar-refractivity contribution >= 4 is 15.9 Å². The topological polar surface area (TPSA) is 84.5 Å². The van der Waals surface area contributed by atoms with Gasteiger partial charge in [0, 0.05) is 12.6 Å². The molecule has 0 spiro atoms. The molecule has 2 N–H and O–H groups in total. The van der Waals surface area contributed by atoms with Gasteiger partial charge in [0.25, 0.3) is 5.91 Å². The van der Waals surface area contributed by atoms with E-state index in [0.717, 1.165) is 0 Å². The van der Waals surface area contributed by atoms with E-state index >= 15 is 0 Å². The van der Waals surface area contributed by atoms with E-state index in [0.29, 0.717) is 12.1 Å². The lowest BCUT2D eigenvalue weighted by atomic mass is 10.1. The summed E-state index contributed by atoms with van der Waals surface area (Å²) in [6.45, 7) is 3.81. The van der Waals surface area contributed by atoms with Gasteiger partial charge >= 0.3 is 0 Å². The molecule has 0 aliphatic rings. The average molecular weight is 380 g/mol. The molecule has 2 rings (SSSR count). The van der Waals surface area contributed by atoms with Crippen LogP contribution in [0.5, 0.6) is 5.75 Å². The van der Waals surface area contributed by atoms with Crippen molar-refractivity contribution in [3.8, 4) is 5.75 Å². The Morgan fingerprint density at radius 3 is 2.42 bits per heavy atom. The minimum absolute atomic E-state index is 0.0616. The van der Waals surface area contributed by atoms with Crippen LogP contribution in [-0.4, -0.2) is 28.0 Å². The Morgan fingerprint density at radius 2 is 1.85 bits per heavy atom. The number of hydrogen-bond donors (Lipinski definition) is 2. The maximum atomic E-state index is 13.0. The summed E-state index contributed by atoms with van der Waals surface area (Å²) in [5.74, 6) is -0.542. The molecule has 6 nitrogen and oxygen atoms in total. The number of sulfonamides is 1. The van der Waals surface area contributed by atoms with E-state index in [1.54, 1.807) is 13.8 Å². The predicted octanol–water partition coefficient (Wildman–Crippen LogP) is 2.62. The van der Waals surface area contributed by atoms with Gasteiger partial charge in [-0.1, -0.05) is 12.1 Å². The van der Waals surface area contributed by atoms with Gasteiger partial charge in [-0.3, -0.25) is 4.79 Å². The molecule has 140 valence electrons. The fourth-order valence-electron chi connectivity index (χ4n) is 2.41. The quantitative estimate of drug-likeness (QED) is 0.773. The molecule has 0 aliphatic carbocycles. The highest BCUT2D eigenvalue weighted by Crippen LogP contribution is 2.24. The van der Waals surface area contributed by atoms with Gasteiger partial charge in [0.2, 0.25) is 10.0 Å². The molecule has 0 aliphatic heterocycles. The number of hydrogen-bond acceptors (Lipinski definition) is 4. The van der Waals surface area contributed by atoms with Gasteiger partial charge in [-0.2, -0.15) is 0 Å². The molecule has 1 atom stereocenters. The van der Waals surface area contributed by atoms with Crippen molar-refractivity contribution in [3.63, 3.8) is 0 Å². The molecule has 8 heteroatoms. The summed E-state index contributed by atoms with van der Waals surface area (Å²) in [6, 6.07) is 9.04. The van der Waals surface area contributed by atoms with Gasteiger partial charge in [-0.25, -0.2) is 17.5 Å². The summed E-state index contributed by atoms with van der Waals surface area (Å²) in [5.41, 5.74) is 0.749. The first-order valence-electron chi connectivity index (χ1n) is 8.02. The van der Waals surface area contributed by atoms with Crippen LogP contribution in [0, 0.1) is 5.82 Å². The van der Waals surface area contributed by atoms with Gasteiger partial charge in [-0.15, -0.1) is 0 Å². The van der Waals surface area contributed by atoms with Crippen LogP contribution in [0.25, 0.3) is 0 Å². The van der Waals surface area contributed by atoms with Crippen molar-refractivity contribution in [2.24, 2.45) is 0 Å². The maximum Gasteiger partial charge on any atom is 0.255 e. The van der Waals surface area contributed by atoms with E-state index in [1.807, 2.05) is 0 Å². The second-order valence-corrected chi connectivity index (χ2v) is 7.33. The third-order valence-electron chi connectivity index (χ3n) is 3.77. The Labute approximate surface area is 152 Å². The van der Waals surface area contributed by atoms with Crippen molar-refractivity contribution in [1.29, 1.82) is 0 Å². The van der Waals surface area contributed by atoms with E-state index in [-0.39, 0.29) is 16.2 Å². The molecule has 0 aromatic heterocycles. The lowest BCUT2D eigenvalue weighted by Crippen LogP contribution is -2.28. The summed E-state index contributed by atoms with van der Waals surface area (Å²) in [6.07, 6.45) is 0. The highest BCUT2D eigenvalue weighted by molar-refractivity contribution is 7.89. The molecule has 0 fully saturated rings. The van der Waals surface area contributed by atoms with Crippen LogP contribution in [0.3, 0.4) is 0 Å². The normalized spacial score (nSPS) is 12.5. The van der Waals surface area contributed by atoms with Crippen LogP contribution in [0.4, 0.5) is 4.39 Å². The van der Waals surface area contributed by atoms with Gasteiger partial charge in [0.05, 0.1) is 17.6 Å². The first-order valence-corrected chi connectivity index (χ1v) is 9.50. The fourth-order valence-corrected chi connectivity index (χ4v) is 3.67. The first-order chi connectivity index (χ1) is 12.3. The van der Waals surface area contributed by atoms with Crippen LogP contribution in [0.1, 0.15) is 35.8 Å². The zero-order valence-electron chi connectivity index (χ0n) is 14.7. The van der Waals surface area contributed by atoms with Crippen molar-refractivity contribution in [2.45, 2.75) is 24.8 Å². The van der Waals surface area contributed by atoms with Crippen molar-refractivity contribution in [2.75, 3.05) is 13.7 Å². The Bertz CT molecular complexity index is 883. The predicted molar refractivity (Wildman–Crippen MR) is 96.1 cm³/mol. The zero-order chi connectivity index (χ0) is 19.3. The summed E-state index contributed by atoms with van der Waals surface area (Å²) in [4.78, 5) is 12.1. The smallest absolute Gasteiger partial charge is 0.255 e. The van der Waals surface area contributed by atoms with Crippen molar-refractivity contribution in [3.05, 3.63) is 59.4 Å². The SMILES string of the molecule is CCNC(=O)c1cc(S(=O)(=O)N[C@H](C)c2ccc(F)cc2)ccc1OC. The van der Waals surface area contributed by atoms with Crippen LogP contribution >= 0.6 is 0 Å². The van der Waals surface area contributed by atoms with Crippen molar-refractivity contribution in [1.82, 2.24) is 10.0 Å². The molecule has 1 amide bonds. The van der Waals surface area contributed by atoms with E-state index in [1.165, 1.54) is 49.6 Å². The van der Waals surface area contributed by atoms with Crippen LogP contribution in [-0.2, 0) is 10.0 Å². The number of ether oxygens (including phenoxy) is 1. The summed E-state index contributed by atoms with van der Waals surface area (Å²) >= 11 is 0. The molecule has 0 saturated heterocycles. The Balaban J connectivity index is 2.31. The van der Waals surface area contributed by atoms with Crippen molar-refractivity contribution < 1.29 is 22.3 Å². The van der Waals surface area contributed by atoms with E-state index in [4.69, 9.17) is 4.74 Å². The highest BCUT2D eigenvalue weighted by Gasteiger charge is 2.22. The van der Waals surface area contributed by atoms with Gasteiger partial charge in [-0.05, 0) is 49.7 Å². The zero-order valence-corrected chi connectivity index (χ0v) is 15.6. The van der Waals surface area contributed by atoms with Gasteiger partial charge in [0.1, 0.15) is 11.6 Å². The third kappa shape index (κ3) is 4.59. The Hall–Kier alpha value is -2.45. The number of amides is 1. The highest BCUT2D eigenvalue weighted by atomic mass is 32.2. The van der Waals surface area contributed by atoms with E-state index in [9.17, 15) is 17.6 Å². The number of carbonyl (C=O) groups excluding carboxylic acids is 1. The number of carbonyl (C=O) groups is 1. The minimum Gasteiger partial charge on any atom is -0.496 e. The first kappa shape index (κ1) is 19.9. The van der Waals surface area contributed by atoms with Crippen LogP contribution < -0.4 is 14.8 Å². The fraction of sp³-hybridized carbons (Fsp3) is 0.278. The maximum absolute atomic E-state index is 13.0. The molecule has 0 unspecified atom stereocenters. The minimum atomic E-state index is -3.89. The largest absolute Gasteiger partial charge is 0.496 e. The summed E-state index contributed by atoms with van der Waals surface area (Å²) in [5, 5.41) is 2.62. The second kappa shape index (κ2) is 8.29. The monoisotopic (exact) mass is 380 g/mol.